The van der Waals surface area contributed by atoms with Gasteiger partial charge in [0.05, 0.1) is 4.47 Å². The molecular weight excluding hydrogens is 281 g/mol. The van der Waals surface area contributed by atoms with Gasteiger partial charge in [0.2, 0.25) is 0 Å². The van der Waals surface area contributed by atoms with Crippen molar-refractivity contribution in [3.05, 3.63) is 27.2 Å². The lowest BCUT2D eigenvalue weighted by atomic mass is 10.2. The van der Waals surface area contributed by atoms with Crippen molar-refractivity contribution in [2.24, 2.45) is 0 Å². The summed E-state index contributed by atoms with van der Waals surface area (Å²) in [5.74, 6) is 0.491. The Morgan fingerprint density at radius 2 is 2.27 bits per heavy atom. The number of nitrogens with one attached hydrogen (secondary N) is 1. The van der Waals surface area contributed by atoms with Crippen molar-refractivity contribution in [3.63, 3.8) is 0 Å². The molecule has 0 saturated carbocycles. The molecule has 0 aliphatic carbocycles. The summed E-state index contributed by atoms with van der Waals surface area (Å²) in [4.78, 5) is 11.2. The van der Waals surface area contributed by atoms with E-state index in [1.807, 2.05) is 13.8 Å². The molecule has 82 valence electrons. The van der Waals surface area contributed by atoms with Crippen molar-refractivity contribution in [2.75, 3.05) is 6.54 Å². The van der Waals surface area contributed by atoms with Gasteiger partial charge < -0.3 is 10.1 Å². The molecule has 1 rings (SSSR count). The third kappa shape index (κ3) is 3.39. The van der Waals surface area contributed by atoms with Gasteiger partial charge in [0, 0.05) is 11.6 Å². The number of carbonyl (C=O) groups excluding carboxylic acids is 1. The van der Waals surface area contributed by atoms with Crippen LogP contribution in [0.4, 0.5) is 4.79 Å². The van der Waals surface area contributed by atoms with E-state index < -0.39 is 6.09 Å². The number of ether oxygens (including phenoxy) is 1. The fourth-order valence-corrected chi connectivity index (χ4v) is 2.14. The zero-order valence-corrected chi connectivity index (χ0v) is 10.8. The van der Waals surface area contributed by atoms with Crippen LogP contribution in [0.2, 0.25) is 5.02 Å². The quantitative estimate of drug-likeness (QED) is 0.905. The molecule has 0 fully saturated rings. The highest BCUT2D eigenvalue weighted by atomic mass is 79.9. The van der Waals surface area contributed by atoms with Gasteiger partial charge >= 0.3 is 6.09 Å². The summed E-state index contributed by atoms with van der Waals surface area (Å²) in [5.41, 5.74) is 0.806. The fraction of sp³-hybridized carbons (Fsp3) is 0.300. The van der Waals surface area contributed by atoms with Crippen LogP contribution in [0.1, 0.15) is 12.5 Å². The van der Waals surface area contributed by atoms with E-state index in [4.69, 9.17) is 16.3 Å². The lowest BCUT2D eigenvalue weighted by Crippen LogP contribution is -2.26. The Labute approximate surface area is 102 Å². The summed E-state index contributed by atoms with van der Waals surface area (Å²) < 4.78 is 5.78. The summed E-state index contributed by atoms with van der Waals surface area (Å²) in [7, 11) is 0. The van der Waals surface area contributed by atoms with Crippen LogP contribution in [-0.4, -0.2) is 12.6 Å². The first-order valence-electron chi connectivity index (χ1n) is 4.46. The molecule has 15 heavy (non-hydrogen) atoms. The molecule has 0 spiro atoms. The van der Waals surface area contributed by atoms with Crippen LogP contribution in [-0.2, 0) is 0 Å². The average molecular weight is 293 g/mol. The average Bonchev–Trinajstić information content (AvgIpc) is 2.11. The first-order valence-corrected chi connectivity index (χ1v) is 5.63. The van der Waals surface area contributed by atoms with Gasteiger partial charge in [-0.25, -0.2) is 4.79 Å². The molecule has 1 aromatic carbocycles. The second kappa shape index (κ2) is 5.37. The van der Waals surface area contributed by atoms with E-state index in [-0.39, 0.29) is 0 Å². The topological polar surface area (TPSA) is 38.3 Å². The molecule has 0 saturated heterocycles. The van der Waals surface area contributed by atoms with Crippen LogP contribution >= 0.6 is 27.5 Å². The molecule has 1 N–H and O–H groups in total. The zero-order valence-electron chi connectivity index (χ0n) is 8.43. The number of carbonyl (C=O) groups is 1. The molecule has 1 aromatic rings. The van der Waals surface area contributed by atoms with Gasteiger partial charge in [0.15, 0.2) is 0 Å². The minimum atomic E-state index is -0.469. The molecule has 0 bridgehead atoms. The van der Waals surface area contributed by atoms with Crippen LogP contribution in [0, 0.1) is 6.92 Å². The molecule has 1 amide bonds. The van der Waals surface area contributed by atoms with Gasteiger partial charge in [0.25, 0.3) is 0 Å². The third-order valence-electron chi connectivity index (χ3n) is 1.71. The molecule has 3 nitrogen and oxygen atoms in total. The third-order valence-corrected chi connectivity index (χ3v) is 2.52. The normalized spacial score (nSPS) is 9.87. The minimum Gasteiger partial charge on any atom is -0.409 e. The lowest BCUT2D eigenvalue weighted by Gasteiger charge is -2.10. The highest BCUT2D eigenvalue weighted by Gasteiger charge is 2.10. The standard InChI is InChI=1S/C10H11BrClNO2/c1-3-13-10(14)15-9-6(2)4-7(12)5-8(9)11/h4-5H,3H2,1-2H3,(H,13,14). The second-order valence-electron chi connectivity index (χ2n) is 2.95. The van der Waals surface area contributed by atoms with Crippen molar-refractivity contribution in [2.45, 2.75) is 13.8 Å². The Morgan fingerprint density at radius 1 is 1.60 bits per heavy atom. The summed E-state index contributed by atoms with van der Waals surface area (Å²) in [6.07, 6.45) is -0.469. The molecule has 0 atom stereocenters. The van der Waals surface area contributed by atoms with Crippen LogP contribution in [0.5, 0.6) is 5.75 Å². The van der Waals surface area contributed by atoms with Gasteiger partial charge in [0.1, 0.15) is 5.75 Å². The predicted octanol–water partition coefficient (Wildman–Crippen LogP) is 3.52. The van der Waals surface area contributed by atoms with Crippen molar-refractivity contribution in [1.29, 1.82) is 0 Å². The van der Waals surface area contributed by atoms with Gasteiger partial charge in [-0.1, -0.05) is 11.6 Å². The number of benzene rings is 1. The SMILES string of the molecule is CCNC(=O)Oc1c(C)cc(Cl)cc1Br. The van der Waals surface area contributed by atoms with Gasteiger partial charge in [-0.2, -0.15) is 0 Å². The smallest absolute Gasteiger partial charge is 0.409 e. The molecule has 5 heteroatoms. The maximum atomic E-state index is 11.2. The minimum absolute atomic E-state index is 0.469. The van der Waals surface area contributed by atoms with Crippen LogP contribution in [0.3, 0.4) is 0 Å². The zero-order chi connectivity index (χ0) is 11.4. The molecule has 0 heterocycles. The lowest BCUT2D eigenvalue weighted by molar-refractivity contribution is 0.200. The molecule has 0 aliphatic rings. The van der Waals surface area contributed by atoms with Gasteiger partial charge in [-0.05, 0) is 47.5 Å². The van der Waals surface area contributed by atoms with Crippen molar-refractivity contribution in [1.82, 2.24) is 5.32 Å². The monoisotopic (exact) mass is 291 g/mol. The first-order chi connectivity index (χ1) is 7.04. The Morgan fingerprint density at radius 3 is 2.80 bits per heavy atom. The van der Waals surface area contributed by atoms with Gasteiger partial charge in [-0.15, -0.1) is 0 Å². The molecule has 0 radical (unpaired) electrons. The van der Waals surface area contributed by atoms with E-state index in [2.05, 4.69) is 21.2 Å². The van der Waals surface area contributed by atoms with Crippen molar-refractivity contribution >= 4 is 33.6 Å². The maximum Gasteiger partial charge on any atom is 0.412 e. The predicted molar refractivity (Wildman–Crippen MR) is 63.6 cm³/mol. The fourth-order valence-electron chi connectivity index (χ4n) is 1.09. The number of amides is 1. The number of rotatable bonds is 2. The number of aryl methyl sites for hydroxylation is 1. The molecule has 0 aromatic heterocycles. The van der Waals surface area contributed by atoms with Crippen LogP contribution < -0.4 is 10.1 Å². The summed E-state index contributed by atoms with van der Waals surface area (Å²) in [5, 5.41) is 3.15. The van der Waals surface area contributed by atoms with Crippen LogP contribution in [0.25, 0.3) is 0 Å². The Balaban J connectivity index is 2.90. The first kappa shape index (κ1) is 12.3. The van der Waals surface area contributed by atoms with E-state index in [1.54, 1.807) is 12.1 Å². The van der Waals surface area contributed by atoms with Crippen molar-refractivity contribution < 1.29 is 9.53 Å². The largest absolute Gasteiger partial charge is 0.412 e. The Bertz CT molecular complexity index is 359. The summed E-state index contributed by atoms with van der Waals surface area (Å²) >= 11 is 9.12. The van der Waals surface area contributed by atoms with E-state index in [0.29, 0.717) is 21.8 Å². The molecule has 0 unspecified atom stereocenters. The van der Waals surface area contributed by atoms with E-state index >= 15 is 0 Å². The van der Waals surface area contributed by atoms with Crippen molar-refractivity contribution in [3.8, 4) is 5.75 Å². The molecule has 0 aliphatic heterocycles. The van der Waals surface area contributed by atoms with E-state index in [9.17, 15) is 4.79 Å². The van der Waals surface area contributed by atoms with Crippen LogP contribution in [0.15, 0.2) is 16.6 Å². The Kier molecular flexibility index (Phi) is 4.42. The second-order valence-corrected chi connectivity index (χ2v) is 4.24. The summed E-state index contributed by atoms with van der Waals surface area (Å²) in [6, 6.07) is 3.42. The number of halogens is 2. The Hall–Kier alpha value is -0.740. The highest BCUT2D eigenvalue weighted by molar-refractivity contribution is 9.10. The van der Waals surface area contributed by atoms with E-state index in [1.165, 1.54) is 0 Å². The number of hydrogen-bond acceptors (Lipinski definition) is 2. The summed E-state index contributed by atoms with van der Waals surface area (Å²) in [6.45, 7) is 4.18. The van der Waals surface area contributed by atoms with Gasteiger partial charge in [-0.3, -0.25) is 0 Å². The highest BCUT2D eigenvalue weighted by Crippen LogP contribution is 2.32. The number of hydrogen-bond donors (Lipinski definition) is 1. The maximum absolute atomic E-state index is 11.2. The molecular formula is C10H11BrClNO2. The van der Waals surface area contributed by atoms with E-state index in [0.717, 1.165) is 5.56 Å².